The van der Waals surface area contributed by atoms with Gasteiger partial charge >= 0.3 is 0 Å². The van der Waals surface area contributed by atoms with Gasteiger partial charge in [-0.25, -0.2) is 0 Å². The lowest BCUT2D eigenvalue weighted by Crippen LogP contribution is -2.07. The van der Waals surface area contributed by atoms with Crippen LogP contribution < -0.4 is 0 Å². The first kappa shape index (κ1) is 15.5. The zero-order chi connectivity index (χ0) is 16.4. The molecule has 3 rings (SSSR count). The van der Waals surface area contributed by atoms with E-state index >= 15 is 0 Å². The van der Waals surface area contributed by atoms with E-state index < -0.39 is 0 Å². The third-order valence-corrected chi connectivity index (χ3v) is 4.16. The normalized spacial score (nSPS) is 11.4. The zero-order valence-electron chi connectivity index (χ0n) is 14.2. The summed E-state index contributed by atoms with van der Waals surface area (Å²) < 4.78 is 2.14. The van der Waals surface area contributed by atoms with Crippen LogP contribution in [0.1, 0.15) is 50.7 Å². The molecule has 0 radical (unpaired) electrons. The van der Waals surface area contributed by atoms with E-state index in [0.29, 0.717) is 11.8 Å². The maximum Gasteiger partial charge on any atom is 0.168 e. The van der Waals surface area contributed by atoms with Gasteiger partial charge in [0.15, 0.2) is 5.82 Å². The van der Waals surface area contributed by atoms with E-state index in [9.17, 15) is 0 Å². The lowest BCUT2D eigenvalue weighted by Gasteiger charge is -2.21. The maximum atomic E-state index is 4.38. The van der Waals surface area contributed by atoms with Crippen molar-refractivity contribution in [3.05, 3.63) is 66.0 Å². The number of nitrogens with zero attached hydrogens (tertiary/aromatic N) is 3. The molecule has 0 saturated heterocycles. The Morgan fingerprint density at radius 3 is 1.96 bits per heavy atom. The molecule has 0 bridgehead atoms. The Morgan fingerprint density at radius 2 is 1.39 bits per heavy atom. The second-order valence-electron chi connectivity index (χ2n) is 6.49. The van der Waals surface area contributed by atoms with Gasteiger partial charge in [0.1, 0.15) is 6.33 Å². The highest BCUT2D eigenvalue weighted by molar-refractivity contribution is 5.61. The van der Waals surface area contributed by atoms with Crippen LogP contribution in [0.25, 0.3) is 17.1 Å². The van der Waals surface area contributed by atoms with Crippen molar-refractivity contribution in [2.45, 2.75) is 39.5 Å². The van der Waals surface area contributed by atoms with Crippen LogP contribution in [0.3, 0.4) is 0 Å². The van der Waals surface area contributed by atoms with Crippen molar-refractivity contribution in [3.8, 4) is 17.1 Å². The monoisotopic (exact) mass is 305 g/mol. The lowest BCUT2D eigenvalue weighted by atomic mass is 9.92. The van der Waals surface area contributed by atoms with Crippen LogP contribution in [0, 0.1) is 0 Å². The van der Waals surface area contributed by atoms with Crippen LogP contribution in [0.15, 0.2) is 54.9 Å². The third-order valence-electron chi connectivity index (χ3n) is 4.16. The van der Waals surface area contributed by atoms with Crippen molar-refractivity contribution in [1.29, 1.82) is 0 Å². The summed E-state index contributed by atoms with van der Waals surface area (Å²) in [4.78, 5) is 0. The predicted octanol–water partition coefficient (Wildman–Crippen LogP) is 5.18. The molecule has 118 valence electrons. The molecule has 0 atom stereocenters. The first-order chi connectivity index (χ1) is 11.1. The molecule has 0 N–H and O–H groups in total. The highest BCUT2D eigenvalue weighted by Gasteiger charge is 2.18. The predicted molar refractivity (Wildman–Crippen MR) is 95.0 cm³/mol. The largest absolute Gasteiger partial charge is 0.281 e. The van der Waals surface area contributed by atoms with E-state index in [-0.39, 0.29) is 0 Å². The molecule has 0 aliphatic rings. The van der Waals surface area contributed by atoms with Crippen molar-refractivity contribution >= 4 is 0 Å². The minimum Gasteiger partial charge on any atom is -0.281 e. The standard InChI is InChI=1S/C20H23N3/c1-14(2)17-11-8-12-18(15(3)4)19(17)23-13-21-22-20(23)16-9-6-5-7-10-16/h5-15H,1-4H3. The average Bonchev–Trinajstić information content (AvgIpc) is 3.04. The third kappa shape index (κ3) is 2.91. The summed E-state index contributed by atoms with van der Waals surface area (Å²) in [6.45, 7) is 8.93. The highest BCUT2D eigenvalue weighted by Crippen LogP contribution is 2.33. The minimum atomic E-state index is 0.440. The summed E-state index contributed by atoms with van der Waals surface area (Å²) in [5.41, 5.74) is 4.96. The molecular formula is C20H23N3. The number of hydrogen-bond acceptors (Lipinski definition) is 2. The van der Waals surface area contributed by atoms with Crippen molar-refractivity contribution < 1.29 is 0 Å². The fourth-order valence-electron chi connectivity index (χ4n) is 2.97. The fraction of sp³-hybridized carbons (Fsp3) is 0.300. The minimum absolute atomic E-state index is 0.440. The Labute approximate surface area is 138 Å². The van der Waals surface area contributed by atoms with Gasteiger partial charge in [-0.1, -0.05) is 76.2 Å². The summed E-state index contributed by atoms with van der Waals surface area (Å²) in [6.07, 6.45) is 1.83. The Balaban J connectivity index is 2.26. The Hall–Kier alpha value is -2.42. The van der Waals surface area contributed by atoms with E-state index in [4.69, 9.17) is 0 Å². The molecule has 0 saturated carbocycles. The molecule has 3 heteroatoms. The summed E-state index contributed by atoms with van der Waals surface area (Å²) in [5.74, 6) is 1.77. The van der Waals surface area contributed by atoms with Crippen molar-refractivity contribution in [2.24, 2.45) is 0 Å². The second kappa shape index (κ2) is 6.37. The topological polar surface area (TPSA) is 30.7 Å². The van der Waals surface area contributed by atoms with E-state index in [1.165, 1.54) is 16.8 Å². The number of hydrogen-bond donors (Lipinski definition) is 0. The van der Waals surface area contributed by atoms with Gasteiger partial charge in [-0.05, 0) is 23.0 Å². The van der Waals surface area contributed by atoms with Crippen LogP contribution in [-0.2, 0) is 0 Å². The van der Waals surface area contributed by atoms with E-state index in [1.807, 2.05) is 24.5 Å². The van der Waals surface area contributed by atoms with Crippen molar-refractivity contribution in [1.82, 2.24) is 14.8 Å². The molecule has 3 aromatic rings. The Kier molecular flexibility index (Phi) is 4.28. The molecule has 1 aromatic heterocycles. The number of benzene rings is 2. The molecule has 0 fully saturated rings. The summed E-state index contributed by atoms with van der Waals surface area (Å²) in [5, 5.41) is 8.57. The molecule has 0 unspecified atom stereocenters. The number of para-hydroxylation sites is 1. The number of aromatic nitrogens is 3. The SMILES string of the molecule is CC(C)c1cccc(C(C)C)c1-n1cnnc1-c1ccccc1. The molecule has 0 spiro atoms. The zero-order valence-corrected chi connectivity index (χ0v) is 14.2. The van der Waals surface area contributed by atoms with Gasteiger partial charge in [0, 0.05) is 5.56 Å². The van der Waals surface area contributed by atoms with Crippen LogP contribution in [-0.4, -0.2) is 14.8 Å². The van der Waals surface area contributed by atoms with Crippen molar-refractivity contribution in [3.63, 3.8) is 0 Å². The molecule has 2 aromatic carbocycles. The Bertz CT molecular complexity index is 759. The van der Waals surface area contributed by atoms with Crippen molar-refractivity contribution in [2.75, 3.05) is 0 Å². The van der Waals surface area contributed by atoms with E-state index in [2.05, 4.69) is 72.8 Å². The van der Waals surface area contributed by atoms with Gasteiger partial charge < -0.3 is 0 Å². The maximum absolute atomic E-state index is 4.38. The van der Waals surface area contributed by atoms with Gasteiger partial charge in [-0.3, -0.25) is 4.57 Å². The molecule has 0 aliphatic carbocycles. The van der Waals surface area contributed by atoms with Crippen LogP contribution in [0.5, 0.6) is 0 Å². The molecule has 3 nitrogen and oxygen atoms in total. The van der Waals surface area contributed by atoms with Gasteiger partial charge in [0.2, 0.25) is 0 Å². The highest BCUT2D eigenvalue weighted by atomic mass is 15.3. The van der Waals surface area contributed by atoms with Gasteiger partial charge in [0.25, 0.3) is 0 Å². The lowest BCUT2D eigenvalue weighted by molar-refractivity contribution is 0.806. The van der Waals surface area contributed by atoms with Crippen LogP contribution >= 0.6 is 0 Å². The molecule has 1 heterocycles. The molecule has 23 heavy (non-hydrogen) atoms. The molecule has 0 aliphatic heterocycles. The number of rotatable bonds is 4. The molecule has 0 amide bonds. The molecular weight excluding hydrogens is 282 g/mol. The fourth-order valence-corrected chi connectivity index (χ4v) is 2.97. The van der Waals surface area contributed by atoms with E-state index in [0.717, 1.165) is 11.4 Å². The van der Waals surface area contributed by atoms with Crippen LogP contribution in [0.4, 0.5) is 0 Å². The summed E-state index contributed by atoms with van der Waals surface area (Å²) in [6, 6.07) is 16.8. The van der Waals surface area contributed by atoms with E-state index in [1.54, 1.807) is 0 Å². The quantitative estimate of drug-likeness (QED) is 0.665. The van der Waals surface area contributed by atoms with Gasteiger partial charge in [-0.2, -0.15) is 0 Å². The van der Waals surface area contributed by atoms with Gasteiger partial charge in [0.05, 0.1) is 5.69 Å². The van der Waals surface area contributed by atoms with Crippen LogP contribution in [0.2, 0.25) is 0 Å². The smallest absolute Gasteiger partial charge is 0.168 e. The van der Waals surface area contributed by atoms with Gasteiger partial charge in [-0.15, -0.1) is 10.2 Å². The summed E-state index contributed by atoms with van der Waals surface area (Å²) >= 11 is 0. The first-order valence-corrected chi connectivity index (χ1v) is 8.18. The Morgan fingerprint density at radius 1 is 0.783 bits per heavy atom. The second-order valence-corrected chi connectivity index (χ2v) is 6.49. The first-order valence-electron chi connectivity index (χ1n) is 8.18. The average molecular weight is 305 g/mol. The summed E-state index contributed by atoms with van der Waals surface area (Å²) in [7, 11) is 0.